The number of hydrogen-bond acceptors (Lipinski definition) is 4. The second-order valence-electron chi connectivity index (χ2n) is 2.90. The van der Waals surface area contributed by atoms with Crippen molar-refractivity contribution in [2.45, 2.75) is 6.92 Å². The number of carbonyl (C=O) groups is 2. The normalized spacial score (nSPS) is 9.56. The summed E-state index contributed by atoms with van der Waals surface area (Å²) in [5, 5.41) is 11.7. The first-order valence-electron chi connectivity index (χ1n) is 4.43. The van der Waals surface area contributed by atoms with Crippen LogP contribution in [0.5, 0.6) is 0 Å². The Morgan fingerprint density at radius 2 is 2.38 bits per heavy atom. The van der Waals surface area contributed by atoms with E-state index in [1.807, 2.05) is 0 Å². The van der Waals surface area contributed by atoms with Gasteiger partial charge in [0, 0.05) is 4.88 Å². The molecule has 0 bridgehead atoms. The number of nitrogens with one attached hydrogen (secondary N) is 1. The molecule has 0 fully saturated rings. The molecule has 0 aromatic carbocycles. The van der Waals surface area contributed by atoms with Crippen molar-refractivity contribution in [1.29, 1.82) is 0 Å². The predicted molar refractivity (Wildman–Crippen MR) is 61.2 cm³/mol. The average molecular weight is 241 g/mol. The maximum Gasteiger partial charge on any atom is 0.412 e. The second kappa shape index (κ2) is 5.32. The fourth-order valence-corrected chi connectivity index (χ4v) is 1.92. The van der Waals surface area contributed by atoms with Crippen LogP contribution in [0.25, 0.3) is 0 Å². The molecule has 5 nitrogen and oxygen atoms in total. The molecule has 1 rings (SSSR count). The van der Waals surface area contributed by atoms with Crippen molar-refractivity contribution in [1.82, 2.24) is 0 Å². The highest BCUT2D eigenvalue weighted by Crippen LogP contribution is 2.26. The fourth-order valence-electron chi connectivity index (χ4n) is 1.03. The van der Waals surface area contributed by atoms with Crippen LogP contribution in [0.2, 0.25) is 0 Å². The molecule has 86 valence electrons. The number of hydrogen-bond donors (Lipinski definition) is 2. The van der Waals surface area contributed by atoms with Gasteiger partial charge in [-0.25, -0.2) is 9.59 Å². The van der Waals surface area contributed by atoms with Crippen molar-refractivity contribution >= 4 is 28.4 Å². The standard InChI is InChI=1S/C10H11NO4S/c1-3-4-15-10(14)11-8-5-7(9(12)13)6(2)16-8/h3,5H,1,4H2,2H3,(H,11,14)(H,12,13). The summed E-state index contributed by atoms with van der Waals surface area (Å²) in [6, 6.07) is 1.40. The number of ether oxygens (including phenoxy) is 1. The molecule has 0 spiro atoms. The van der Waals surface area contributed by atoms with Gasteiger partial charge in [-0.05, 0) is 13.0 Å². The molecular weight excluding hydrogens is 230 g/mol. The molecule has 0 unspecified atom stereocenters. The largest absolute Gasteiger partial charge is 0.478 e. The van der Waals surface area contributed by atoms with E-state index in [1.54, 1.807) is 6.92 Å². The van der Waals surface area contributed by atoms with Crippen molar-refractivity contribution in [2.75, 3.05) is 11.9 Å². The summed E-state index contributed by atoms with van der Waals surface area (Å²) in [7, 11) is 0. The zero-order valence-corrected chi connectivity index (χ0v) is 9.47. The number of carboxylic acids is 1. The van der Waals surface area contributed by atoms with E-state index in [-0.39, 0.29) is 12.2 Å². The van der Waals surface area contributed by atoms with Crippen molar-refractivity contribution in [3.63, 3.8) is 0 Å². The van der Waals surface area contributed by atoms with Gasteiger partial charge in [0.25, 0.3) is 0 Å². The third-order valence-corrected chi connectivity index (χ3v) is 2.67. The van der Waals surface area contributed by atoms with E-state index in [0.717, 1.165) is 0 Å². The Kier molecular flexibility index (Phi) is 4.07. The number of amides is 1. The smallest absolute Gasteiger partial charge is 0.412 e. The minimum atomic E-state index is -1.01. The molecule has 6 heteroatoms. The molecule has 0 aliphatic heterocycles. The minimum absolute atomic E-state index is 0.113. The van der Waals surface area contributed by atoms with E-state index in [0.29, 0.717) is 9.88 Å². The van der Waals surface area contributed by atoms with Crippen molar-refractivity contribution in [3.8, 4) is 0 Å². The van der Waals surface area contributed by atoms with Gasteiger partial charge in [-0.2, -0.15) is 0 Å². The quantitative estimate of drug-likeness (QED) is 0.794. The zero-order chi connectivity index (χ0) is 12.1. The molecule has 0 radical (unpaired) electrons. The first kappa shape index (κ1) is 12.3. The lowest BCUT2D eigenvalue weighted by molar-refractivity contribution is 0.0696. The van der Waals surface area contributed by atoms with Gasteiger partial charge in [0.05, 0.1) is 10.6 Å². The van der Waals surface area contributed by atoms with Crippen LogP contribution in [0.3, 0.4) is 0 Å². The molecule has 0 aliphatic carbocycles. The van der Waals surface area contributed by atoms with Gasteiger partial charge in [0.15, 0.2) is 0 Å². The molecule has 0 saturated heterocycles. The summed E-state index contributed by atoms with van der Waals surface area (Å²) in [4.78, 5) is 22.5. The molecular formula is C10H11NO4S. The Labute approximate surface area is 96.4 Å². The first-order chi connectivity index (χ1) is 7.54. The highest BCUT2D eigenvalue weighted by atomic mass is 32.1. The Morgan fingerprint density at radius 3 is 2.88 bits per heavy atom. The van der Waals surface area contributed by atoms with Gasteiger partial charge < -0.3 is 9.84 Å². The fraction of sp³-hybridized carbons (Fsp3) is 0.200. The maximum atomic E-state index is 11.1. The van der Waals surface area contributed by atoms with E-state index in [9.17, 15) is 9.59 Å². The second-order valence-corrected chi connectivity index (χ2v) is 4.15. The highest BCUT2D eigenvalue weighted by molar-refractivity contribution is 7.16. The Morgan fingerprint density at radius 1 is 1.69 bits per heavy atom. The van der Waals surface area contributed by atoms with Crippen LogP contribution < -0.4 is 5.32 Å². The third kappa shape index (κ3) is 3.09. The lowest BCUT2D eigenvalue weighted by Gasteiger charge is -2.01. The SMILES string of the molecule is C=CCOC(=O)Nc1cc(C(=O)O)c(C)s1. The molecule has 0 saturated carbocycles. The van der Waals surface area contributed by atoms with Gasteiger partial charge in [-0.3, -0.25) is 5.32 Å². The lowest BCUT2D eigenvalue weighted by Crippen LogP contribution is -2.12. The zero-order valence-electron chi connectivity index (χ0n) is 8.65. The van der Waals surface area contributed by atoms with Crippen molar-refractivity contribution < 1.29 is 19.4 Å². The van der Waals surface area contributed by atoms with E-state index < -0.39 is 12.1 Å². The first-order valence-corrected chi connectivity index (χ1v) is 5.24. The topological polar surface area (TPSA) is 75.6 Å². The van der Waals surface area contributed by atoms with E-state index in [1.165, 1.54) is 23.5 Å². The number of aromatic carboxylic acids is 1. The van der Waals surface area contributed by atoms with Crippen LogP contribution in [0.4, 0.5) is 9.80 Å². The molecule has 1 heterocycles. The molecule has 1 aromatic heterocycles. The summed E-state index contributed by atoms with van der Waals surface area (Å²) in [5.41, 5.74) is 0.184. The molecule has 16 heavy (non-hydrogen) atoms. The van der Waals surface area contributed by atoms with Gasteiger partial charge in [-0.15, -0.1) is 11.3 Å². The third-order valence-electron chi connectivity index (χ3n) is 1.71. The van der Waals surface area contributed by atoms with Crippen LogP contribution in [-0.4, -0.2) is 23.8 Å². The van der Waals surface area contributed by atoms with Crippen LogP contribution >= 0.6 is 11.3 Å². The van der Waals surface area contributed by atoms with Crippen molar-refractivity contribution in [3.05, 3.63) is 29.2 Å². The highest BCUT2D eigenvalue weighted by Gasteiger charge is 2.13. The molecule has 0 atom stereocenters. The maximum absolute atomic E-state index is 11.1. The monoisotopic (exact) mass is 241 g/mol. The molecule has 2 N–H and O–H groups in total. The van der Waals surface area contributed by atoms with Gasteiger partial charge in [-0.1, -0.05) is 12.7 Å². The number of anilines is 1. The summed E-state index contributed by atoms with van der Waals surface area (Å²) >= 11 is 1.19. The Bertz CT molecular complexity index is 424. The number of carbonyl (C=O) groups excluding carboxylic acids is 1. The summed E-state index contributed by atoms with van der Waals surface area (Å²) < 4.78 is 4.70. The minimum Gasteiger partial charge on any atom is -0.478 e. The number of thiophene rings is 1. The lowest BCUT2D eigenvalue weighted by atomic mass is 10.3. The molecule has 1 amide bonds. The van der Waals surface area contributed by atoms with Gasteiger partial charge in [0.1, 0.15) is 6.61 Å². The van der Waals surface area contributed by atoms with Crippen LogP contribution in [0.1, 0.15) is 15.2 Å². The Hall–Kier alpha value is -1.82. The summed E-state index contributed by atoms with van der Waals surface area (Å²) in [5.74, 6) is -1.01. The van der Waals surface area contributed by atoms with Crippen molar-refractivity contribution in [2.24, 2.45) is 0 Å². The number of aryl methyl sites for hydroxylation is 1. The number of rotatable bonds is 4. The van der Waals surface area contributed by atoms with Crippen LogP contribution in [-0.2, 0) is 4.74 Å². The van der Waals surface area contributed by atoms with Crippen LogP contribution in [0.15, 0.2) is 18.7 Å². The van der Waals surface area contributed by atoms with E-state index >= 15 is 0 Å². The summed E-state index contributed by atoms with van der Waals surface area (Å²) in [6.45, 7) is 5.19. The van der Waals surface area contributed by atoms with E-state index in [2.05, 4.69) is 11.9 Å². The molecule has 0 aliphatic rings. The predicted octanol–water partition coefficient (Wildman–Crippen LogP) is 2.49. The van der Waals surface area contributed by atoms with Crippen LogP contribution in [0, 0.1) is 6.92 Å². The van der Waals surface area contributed by atoms with Gasteiger partial charge >= 0.3 is 12.1 Å². The summed E-state index contributed by atoms with van der Waals surface area (Å²) in [6.07, 6.45) is 0.820. The molecule has 1 aromatic rings. The van der Waals surface area contributed by atoms with Gasteiger partial charge in [0.2, 0.25) is 0 Å². The average Bonchev–Trinajstić information content (AvgIpc) is 2.56. The number of carboxylic acid groups (broad SMARTS) is 1. The van der Waals surface area contributed by atoms with E-state index in [4.69, 9.17) is 9.84 Å². The Balaban J connectivity index is 2.68.